The van der Waals surface area contributed by atoms with Crippen LogP contribution in [0.15, 0.2) is 6.07 Å². The van der Waals surface area contributed by atoms with E-state index in [0.717, 1.165) is 30.8 Å². The Morgan fingerprint density at radius 2 is 2.04 bits per heavy atom. The fourth-order valence-electron chi connectivity index (χ4n) is 3.60. The fourth-order valence-corrected chi connectivity index (χ4v) is 3.60. The SMILES string of the molecule is CC(C(=O)NCc1cc2n(n1)CCCN(C(=O)N(C)C)C2)N1CCCC1=O. The number of nitrogens with one attached hydrogen (secondary N) is 1. The molecule has 1 saturated heterocycles. The number of likely N-dealkylation sites (tertiary alicyclic amines) is 1. The van der Waals surface area contributed by atoms with Crippen molar-refractivity contribution in [1.82, 2.24) is 29.8 Å². The maximum Gasteiger partial charge on any atom is 0.319 e. The molecule has 1 aromatic rings. The van der Waals surface area contributed by atoms with E-state index in [9.17, 15) is 14.4 Å². The Kier molecular flexibility index (Phi) is 5.67. The van der Waals surface area contributed by atoms with Gasteiger partial charge in [0.2, 0.25) is 11.8 Å². The summed E-state index contributed by atoms with van der Waals surface area (Å²) < 4.78 is 1.91. The predicted octanol–water partition coefficient (Wildman–Crippen LogP) is 0.398. The molecule has 2 aliphatic heterocycles. The number of aromatic nitrogens is 2. The molecule has 1 N–H and O–H groups in total. The van der Waals surface area contributed by atoms with Crippen LogP contribution in [-0.4, -0.2) is 75.6 Å². The third-order valence-electron chi connectivity index (χ3n) is 5.12. The highest BCUT2D eigenvalue weighted by molar-refractivity contribution is 5.88. The first-order valence-corrected chi connectivity index (χ1v) is 9.46. The molecule has 2 aliphatic rings. The van der Waals surface area contributed by atoms with Gasteiger partial charge in [-0.2, -0.15) is 5.10 Å². The standard InChI is InChI=1S/C18H28N6O3/c1-13(23-8-4-6-16(23)25)17(26)19-11-14-10-15-12-22(18(27)21(2)3)7-5-9-24(15)20-14/h10,13H,4-9,11-12H2,1-3H3,(H,19,26). The monoisotopic (exact) mass is 376 g/mol. The number of aryl methyl sites for hydroxylation is 1. The molecule has 9 heteroatoms. The molecule has 4 amide bonds. The third-order valence-corrected chi connectivity index (χ3v) is 5.12. The minimum atomic E-state index is -0.464. The van der Waals surface area contributed by atoms with Crippen molar-refractivity contribution in [3.8, 4) is 0 Å². The Morgan fingerprint density at radius 3 is 2.70 bits per heavy atom. The molecule has 0 bridgehead atoms. The molecular formula is C18H28N6O3. The smallest absolute Gasteiger partial charge is 0.319 e. The van der Waals surface area contributed by atoms with Gasteiger partial charge in [-0.05, 0) is 25.8 Å². The number of hydrogen-bond acceptors (Lipinski definition) is 4. The largest absolute Gasteiger partial charge is 0.349 e. The second-order valence-electron chi connectivity index (χ2n) is 7.39. The van der Waals surface area contributed by atoms with Crippen LogP contribution in [0.3, 0.4) is 0 Å². The highest BCUT2D eigenvalue weighted by Crippen LogP contribution is 2.16. The number of carbonyl (C=O) groups excluding carboxylic acids is 3. The van der Waals surface area contributed by atoms with Gasteiger partial charge in [0.15, 0.2) is 0 Å². The lowest BCUT2D eigenvalue weighted by Gasteiger charge is -2.24. The Morgan fingerprint density at radius 1 is 1.26 bits per heavy atom. The van der Waals surface area contributed by atoms with Crippen LogP contribution in [0.25, 0.3) is 0 Å². The van der Waals surface area contributed by atoms with Gasteiger partial charge in [-0.15, -0.1) is 0 Å². The Hall–Kier alpha value is -2.58. The normalized spacial score (nSPS) is 18.1. The van der Waals surface area contributed by atoms with Crippen LogP contribution in [0.1, 0.15) is 37.6 Å². The van der Waals surface area contributed by atoms with Crippen molar-refractivity contribution in [2.45, 2.75) is 51.9 Å². The van der Waals surface area contributed by atoms with Crippen LogP contribution in [-0.2, 0) is 29.2 Å². The van der Waals surface area contributed by atoms with Crippen LogP contribution >= 0.6 is 0 Å². The van der Waals surface area contributed by atoms with Gasteiger partial charge in [0.1, 0.15) is 6.04 Å². The lowest BCUT2D eigenvalue weighted by Crippen LogP contribution is -2.45. The molecule has 0 saturated carbocycles. The molecule has 1 aromatic heterocycles. The van der Waals surface area contributed by atoms with Gasteiger partial charge >= 0.3 is 6.03 Å². The quantitative estimate of drug-likeness (QED) is 0.823. The van der Waals surface area contributed by atoms with Crippen molar-refractivity contribution < 1.29 is 14.4 Å². The number of nitrogens with zero attached hydrogens (tertiary/aromatic N) is 5. The lowest BCUT2D eigenvalue weighted by atomic mass is 10.2. The van der Waals surface area contributed by atoms with E-state index in [4.69, 9.17) is 0 Å². The summed E-state index contributed by atoms with van der Waals surface area (Å²) >= 11 is 0. The zero-order valence-electron chi connectivity index (χ0n) is 16.3. The number of rotatable bonds is 4. The number of urea groups is 1. The first kappa shape index (κ1) is 19.2. The highest BCUT2D eigenvalue weighted by atomic mass is 16.2. The molecular weight excluding hydrogens is 348 g/mol. The number of carbonyl (C=O) groups is 3. The molecule has 0 radical (unpaired) electrons. The number of amides is 4. The average molecular weight is 376 g/mol. The molecule has 1 atom stereocenters. The van der Waals surface area contributed by atoms with E-state index >= 15 is 0 Å². The maximum atomic E-state index is 12.4. The highest BCUT2D eigenvalue weighted by Gasteiger charge is 2.29. The molecule has 27 heavy (non-hydrogen) atoms. The summed E-state index contributed by atoms with van der Waals surface area (Å²) in [5.74, 6) is -0.130. The number of hydrogen-bond donors (Lipinski definition) is 1. The molecule has 0 aliphatic carbocycles. The first-order valence-electron chi connectivity index (χ1n) is 9.46. The zero-order chi connectivity index (χ0) is 19.6. The van der Waals surface area contributed by atoms with Gasteiger partial charge in [0.05, 0.1) is 24.5 Å². The van der Waals surface area contributed by atoms with Crippen LogP contribution in [0.5, 0.6) is 0 Å². The van der Waals surface area contributed by atoms with Crippen LogP contribution < -0.4 is 5.32 Å². The summed E-state index contributed by atoms with van der Waals surface area (Å²) in [6, 6.07) is 1.46. The van der Waals surface area contributed by atoms with Crippen LogP contribution in [0.4, 0.5) is 4.79 Å². The van der Waals surface area contributed by atoms with Gasteiger partial charge in [0.25, 0.3) is 0 Å². The van der Waals surface area contributed by atoms with E-state index in [1.165, 1.54) is 0 Å². The van der Waals surface area contributed by atoms with Crippen molar-refractivity contribution >= 4 is 17.8 Å². The fraction of sp³-hybridized carbons (Fsp3) is 0.667. The van der Waals surface area contributed by atoms with E-state index in [2.05, 4.69) is 10.4 Å². The molecule has 0 spiro atoms. The Balaban J connectivity index is 1.59. The lowest BCUT2D eigenvalue weighted by molar-refractivity contribution is -0.136. The summed E-state index contributed by atoms with van der Waals surface area (Å²) in [6.45, 7) is 4.67. The second-order valence-corrected chi connectivity index (χ2v) is 7.39. The number of fused-ring (bicyclic) bond motifs is 1. The average Bonchev–Trinajstić information content (AvgIpc) is 3.18. The maximum absolute atomic E-state index is 12.4. The molecule has 1 unspecified atom stereocenters. The summed E-state index contributed by atoms with van der Waals surface area (Å²) in [5, 5.41) is 7.44. The first-order chi connectivity index (χ1) is 12.9. The van der Waals surface area contributed by atoms with E-state index in [1.54, 1.807) is 30.8 Å². The molecule has 0 aromatic carbocycles. The van der Waals surface area contributed by atoms with Gasteiger partial charge < -0.3 is 20.0 Å². The van der Waals surface area contributed by atoms with E-state index < -0.39 is 6.04 Å². The molecule has 1 fully saturated rings. The second kappa shape index (κ2) is 7.98. The third kappa shape index (κ3) is 4.23. The summed E-state index contributed by atoms with van der Waals surface area (Å²) in [4.78, 5) is 41.4. The van der Waals surface area contributed by atoms with Gasteiger partial charge in [-0.1, -0.05) is 0 Å². The van der Waals surface area contributed by atoms with Gasteiger partial charge in [-0.25, -0.2) is 4.79 Å². The van der Waals surface area contributed by atoms with E-state index in [0.29, 0.717) is 32.6 Å². The minimum absolute atomic E-state index is 0.0105. The van der Waals surface area contributed by atoms with Crippen molar-refractivity contribution in [3.63, 3.8) is 0 Å². The van der Waals surface area contributed by atoms with Gasteiger partial charge in [-0.3, -0.25) is 14.3 Å². The van der Waals surface area contributed by atoms with Crippen LogP contribution in [0, 0.1) is 0 Å². The summed E-state index contributed by atoms with van der Waals surface area (Å²) in [6.07, 6.45) is 2.17. The van der Waals surface area contributed by atoms with Crippen molar-refractivity contribution in [2.24, 2.45) is 0 Å². The molecule has 9 nitrogen and oxygen atoms in total. The predicted molar refractivity (Wildman–Crippen MR) is 98.6 cm³/mol. The Labute approximate surface area is 159 Å². The van der Waals surface area contributed by atoms with Crippen molar-refractivity contribution in [3.05, 3.63) is 17.5 Å². The molecule has 3 heterocycles. The molecule has 3 rings (SSSR count). The minimum Gasteiger partial charge on any atom is -0.349 e. The topological polar surface area (TPSA) is 90.8 Å². The summed E-state index contributed by atoms with van der Waals surface area (Å²) in [5.41, 5.74) is 1.73. The van der Waals surface area contributed by atoms with Crippen LogP contribution in [0.2, 0.25) is 0 Å². The van der Waals surface area contributed by atoms with Gasteiger partial charge in [0, 0.05) is 40.2 Å². The zero-order valence-corrected chi connectivity index (χ0v) is 16.3. The van der Waals surface area contributed by atoms with Crippen molar-refractivity contribution in [2.75, 3.05) is 27.2 Å². The van der Waals surface area contributed by atoms with E-state index in [1.807, 2.05) is 15.6 Å². The van der Waals surface area contributed by atoms with E-state index in [-0.39, 0.29) is 17.8 Å². The molecule has 148 valence electrons. The summed E-state index contributed by atoms with van der Waals surface area (Å²) in [7, 11) is 3.50. The Bertz CT molecular complexity index is 729. The van der Waals surface area contributed by atoms with Crippen molar-refractivity contribution in [1.29, 1.82) is 0 Å².